The van der Waals surface area contributed by atoms with Gasteiger partial charge in [0.1, 0.15) is 5.82 Å². The normalized spacial score (nSPS) is 10.5. The fraction of sp³-hybridized carbons (Fsp3) is 0.263. The molecule has 1 aromatic carbocycles. The molecule has 2 heterocycles. The monoisotopic (exact) mass is 351 g/mol. The maximum Gasteiger partial charge on any atom is 0.227 e. The van der Waals surface area contributed by atoms with E-state index in [9.17, 15) is 4.79 Å². The van der Waals surface area contributed by atoms with Crippen LogP contribution in [0.25, 0.3) is 0 Å². The molecule has 0 spiro atoms. The highest BCUT2D eigenvalue weighted by molar-refractivity contribution is 5.90. The molecule has 0 saturated carbocycles. The van der Waals surface area contributed by atoms with Crippen LogP contribution in [-0.4, -0.2) is 35.1 Å². The summed E-state index contributed by atoms with van der Waals surface area (Å²) in [4.78, 5) is 22.6. The van der Waals surface area contributed by atoms with E-state index in [-0.39, 0.29) is 12.3 Å². The first-order valence-electron chi connectivity index (χ1n) is 8.39. The fourth-order valence-corrected chi connectivity index (χ4v) is 2.41. The number of anilines is 2. The summed E-state index contributed by atoms with van der Waals surface area (Å²) >= 11 is 0. The van der Waals surface area contributed by atoms with Gasteiger partial charge in [0.15, 0.2) is 5.82 Å². The number of rotatable bonds is 7. The van der Waals surface area contributed by atoms with Crippen molar-refractivity contribution in [2.75, 3.05) is 24.3 Å². The summed E-state index contributed by atoms with van der Waals surface area (Å²) in [6, 6.07) is 13.6. The first kappa shape index (κ1) is 17.6. The van der Waals surface area contributed by atoms with E-state index >= 15 is 0 Å². The molecule has 0 atom stereocenters. The number of aromatic nitrogens is 3. The Morgan fingerprint density at radius 2 is 1.96 bits per heavy atom. The van der Waals surface area contributed by atoms with Crippen molar-refractivity contribution >= 4 is 17.4 Å². The molecule has 26 heavy (non-hydrogen) atoms. The highest BCUT2D eigenvalue weighted by Crippen LogP contribution is 2.12. The zero-order valence-corrected chi connectivity index (χ0v) is 14.8. The molecule has 0 fully saturated rings. The molecule has 0 bridgehead atoms. The standard InChI is InChI=1S/C19H21N5O2/c1-24(2)17-9-8-15(13-20-17)21-18(25)10-11-19-22-16(23-26-19)12-14-6-4-3-5-7-14/h3-9,13H,10-12H2,1-2H3,(H,21,25). The number of hydrogen-bond donors (Lipinski definition) is 1. The van der Waals surface area contributed by atoms with Gasteiger partial charge in [-0.05, 0) is 17.7 Å². The Morgan fingerprint density at radius 3 is 2.65 bits per heavy atom. The minimum atomic E-state index is -0.118. The smallest absolute Gasteiger partial charge is 0.227 e. The number of carbonyl (C=O) groups is 1. The van der Waals surface area contributed by atoms with E-state index in [0.717, 1.165) is 11.4 Å². The van der Waals surface area contributed by atoms with Crippen molar-refractivity contribution in [1.29, 1.82) is 0 Å². The average Bonchev–Trinajstić information content (AvgIpc) is 3.09. The topological polar surface area (TPSA) is 84.2 Å². The number of nitrogens with one attached hydrogen (secondary N) is 1. The number of aryl methyl sites for hydroxylation is 1. The highest BCUT2D eigenvalue weighted by atomic mass is 16.5. The van der Waals surface area contributed by atoms with Gasteiger partial charge in [0.25, 0.3) is 0 Å². The quantitative estimate of drug-likeness (QED) is 0.704. The summed E-state index contributed by atoms with van der Waals surface area (Å²) < 4.78 is 5.22. The van der Waals surface area contributed by atoms with Crippen LogP contribution >= 0.6 is 0 Å². The molecular formula is C19H21N5O2. The van der Waals surface area contributed by atoms with Crippen LogP contribution in [0.4, 0.5) is 11.5 Å². The van der Waals surface area contributed by atoms with Crippen LogP contribution in [0, 0.1) is 0 Å². The van der Waals surface area contributed by atoms with Crippen LogP contribution < -0.4 is 10.2 Å². The van der Waals surface area contributed by atoms with Crippen LogP contribution in [-0.2, 0) is 17.6 Å². The second kappa shape index (κ2) is 8.24. The van der Waals surface area contributed by atoms with E-state index in [4.69, 9.17) is 4.52 Å². The predicted molar refractivity (Wildman–Crippen MR) is 99.1 cm³/mol. The van der Waals surface area contributed by atoms with Crippen LogP contribution in [0.3, 0.4) is 0 Å². The Labute approximate surface area is 152 Å². The molecule has 3 aromatic rings. The Balaban J connectivity index is 1.48. The first-order valence-corrected chi connectivity index (χ1v) is 8.39. The van der Waals surface area contributed by atoms with Gasteiger partial charge in [0, 0.05) is 33.4 Å². The molecule has 0 aliphatic carbocycles. The second-order valence-electron chi connectivity index (χ2n) is 6.11. The molecule has 0 aliphatic rings. The van der Waals surface area contributed by atoms with Crippen molar-refractivity contribution in [3.8, 4) is 0 Å². The summed E-state index contributed by atoms with van der Waals surface area (Å²) in [6.45, 7) is 0. The molecule has 0 unspecified atom stereocenters. The van der Waals surface area contributed by atoms with Gasteiger partial charge in [0.05, 0.1) is 11.9 Å². The molecule has 0 aliphatic heterocycles. The third-order valence-corrected chi connectivity index (χ3v) is 3.77. The van der Waals surface area contributed by atoms with E-state index < -0.39 is 0 Å². The van der Waals surface area contributed by atoms with E-state index in [1.807, 2.05) is 61.5 Å². The highest BCUT2D eigenvalue weighted by Gasteiger charge is 2.10. The zero-order chi connectivity index (χ0) is 18.4. The molecular weight excluding hydrogens is 330 g/mol. The minimum Gasteiger partial charge on any atom is -0.363 e. The van der Waals surface area contributed by atoms with E-state index in [1.165, 1.54) is 0 Å². The maximum absolute atomic E-state index is 12.1. The second-order valence-corrected chi connectivity index (χ2v) is 6.11. The molecule has 7 nitrogen and oxygen atoms in total. The van der Waals surface area contributed by atoms with Crippen LogP contribution in [0.1, 0.15) is 23.7 Å². The van der Waals surface area contributed by atoms with Crippen molar-refractivity contribution in [3.63, 3.8) is 0 Å². The maximum atomic E-state index is 12.1. The summed E-state index contributed by atoms with van der Waals surface area (Å²) in [7, 11) is 3.83. The number of hydrogen-bond acceptors (Lipinski definition) is 6. The van der Waals surface area contributed by atoms with Crippen molar-refractivity contribution in [2.45, 2.75) is 19.3 Å². The molecule has 7 heteroatoms. The van der Waals surface area contributed by atoms with E-state index in [0.29, 0.717) is 30.2 Å². The molecule has 134 valence electrons. The molecule has 2 aromatic heterocycles. The molecule has 0 radical (unpaired) electrons. The summed E-state index contributed by atoms with van der Waals surface area (Å²) in [6.07, 6.45) is 2.91. The van der Waals surface area contributed by atoms with Crippen LogP contribution in [0.15, 0.2) is 53.2 Å². The zero-order valence-electron chi connectivity index (χ0n) is 14.8. The lowest BCUT2D eigenvalue weighted by Gasteiger charge is -2.11. The number of pyridine rings is 1. The summed E-state index contributed by atoms with van der Waals surface area (Å²) in [5, 5.41) is 6.78. The predicted octanol–water partition coefficient (Wildman–Crippen LogP) is 2.69. The number of amides is 1. The molecule has 1 N–H and O–H groups in total. The van der Waals surface area contributed by atoms with Gasteiger partial charge >= 0.3 is 0 Å². The third kappa shape index (κ3) is 4.89. The summed E-state index contributed by atoms with van der Waals surface area (Å²) in [5.41, 5.74) is 1.78. The van der Waals surface area contributed by atoms with Crippen molar-refractivity contribution in [3.05, 3.63) is 65.9 Å². The van der Waals surface area contributed by atoms with Crippen LogP contribution in [0.5, 0.6) is 0 Å². The van der Waals surface area contributed by atoms with Gasteiger partial charge in [0.2, 0.25) is 11.8 Å². The third-order valence-electron chi connectivity index (χ3n) is 3.77. The van der Waals surface area contributed by atoms with Gasteiger partial charge in [-0.15, -0.1) is 0 Å². The Morgan fingerprint density at radius 1 is 1.15 bits per heavy atom. The SMILES string of the molecule is CN(C)c1ccc(NC(=O)CCc2nc(Cc3ccccc3)no2)cn1. The van der Waals surface area contributed by atoms with E-state index in [2.05, 4.69) is 20.4 Å². The number of carbonyl (C=O) groups excluding carboxylic acids is 1. The minimum absolute atomic E-state index is 0.118. The van der Waals surface area contributed by atoms with Crippen molar-refractivity contribution < 1.29 is 9.32 Å². The number of nitrogens with zero attached hydrogens (tertiary/aromatic N) is 4. The van der Waals surface area contributed by atoms with E-state index in [1.54, 1.807) is 6.20 Å². The van der Waals surface area contributed by atoms with Crippen LogP contribution in [0.2, 0.25) is 0 Å². The largest absolute Gasteiger partial charge is 0.363 e. The van der Waals surface area contributed by atoms with Gasteiger partial charge in [-0.2, -0.15) is 4.98 Å². The van der Waals surface area contributed by atoms with Gasteiger partial charge in [-0.25, -0.2) is 4.98 Å². The molecule has 1 amide bonds. The Bertz CT molecular complexity index is 844. The molecule has 0 saturated heterocycles. The number of benzene rings is 1. The molecule has 3 rings (SSSR count). The Hall–Kier alpha value is -3.22. The van der Waals surface area contributed by atoms with Gasteiger partial charge < -0.3 is 14.7 Å². The lowest BCUT2D eigenvalue weighted by molar-refractivity contribution is -0.116. The average molecular weight is 351 g/mol. The van der Waals surface area contributed by atoms with Gasteiger partial charge in [-0.1, -0.05) is 35.5 Å². The lowest BCUT2D eigenvalue weighted by Crippen LogP contribution is -2.14. The fourth-order valence-electron chi connectivity index (χ4n) is 2.41. The van der Waals surface area contributed by atoms with Crippen molar-refractivity contribution in [1.82, 2.24) is 15.1 Å². The van der Waals surface area contributed by atoms with Gasteiger partial charge in [-0.3, -0.25) is 4.79 Å². The van der Waals surface area contributed by atoms with Crippen molar-refractivity contribution in [2.24, 2.45) is 0 Å². The Kier molecular flexibility index (Phi) is 5.58. The first-order chi connectivity index (χ1) is 12.6. The summed E-state index contributed by atoms with van der Waals surface area (Å²) in [5.74, 6) is 1.80. The lowest BCUT2D eigenvalue weighted by atomic mass is 10.1.